The highest BCUT2D eigenvalue weighted by atomic mass is 16.2. The van der Waals surface area contributed by atoms with E-state index < -0.39 is 22.7 Å². The summed E-state index contributed by atoms with van der Waals surface area (Å²) in [5, 5.41) is 0. The summed E-state index contributed by atoms with van der Waals surface area (Å²) in [6, 6.07) is 25.8. The number of carbonyl (C=O) groups is 3. The normalized spacial score (nSPS) is 28.4. The lowest BCUT2D eigenvalue weighted by Crippen LogP contribution is -2.42. The van der Waals surface area contributed by atoms with Gasteiger partial charge in [0.25, 0.3) is 0 Å². The molecule has 4 heteroatoms. The molecular weight excluding hydrogens is 458 g/mol. The maximum Gasteiger partial charge on any atom is 0.239 e. The molecule has 0 unspecified atom stereocenters. The van der Waals surface area contributed by atoms with Crippen LogP contribution < -0.4 is 4.90 Å². The fourth-order valence-corrected chi connectivity index (χ4v) is 7.75. The van der Waals surface area contributed by atoms with E-state index in [9.17, 15) is 14.4 Å². The van der Waals surface area contributed by atoms with E-state index in [4.69, 9.17) is 0 Å². The topological polar surface area (TPSA) is 54.5 Å². The van der Waals surface area contributed by atoms with Gasteiger partial charge in [0.2, 0.25) is 11.8 Å². The highest BCUT2D eigenvalue weighted by Crippen LogP contribution is 2.75. The van der Waals surface area contributed by atoms with Crippen molar-refractivity contribution in [3.8, 4) is 0 Å². The van der Waals surface area contributed by atoms with Crippen LogP contribution in [-0.4, -0.2) is 17.6 Å². The first-order chi connectivity index (χ1) is 17.8. The molecule has 0 spiro atoms. The van der Waals surface area contributed by atoms with Gasteiger partial charge < -0.3 is 0 Å². The van der Waals surface area contributed by atoms with Crippen LogP contribution in [0.25, 0.3) is 11.1 Å². The van der Waals surface area contributed by atoms with Crippen LogP contribution in [0.1, 0.15) is 48.9 Å². The second kappa shape index (κ2) is 8.11. The summed E-state index contributed by atoms with van der Waals surface area (Å²) in [6.45, 7) is 7.92. The van der Waals surface area contributed by atoms with Crippen molar-refractivity contribution in [3.63, 3.8) is 0 Å². The molecule has 4 atom stereocenters. The van der Waals surface area contributed by atoms with E-state index in [0.29, 0.717) is 18.5 Å². The number of aryl methyl sites for hydroxylation is 2. The number of benzene rings is 3. The molecular formula is C33H31NO3. The molecule has 3 aliphatic rings. The molecule has 186 valence electrons. The zero-order valence-electron chi connectivity index (χ0n) is 21.7. The van der Waals surface area contributed by atoms with Gasteiger partial charge >= 0.3 is 0 Å². The summed E-state index contributed by atoms with van der Waals surface area (Å²) in [7, 11) is 0. The predicted octanol–water partition coefficient (Wildman–Crippen LogP) is 6.41. The Kier molecular flexibility index (Phi) is 5.17. The Labute approximate surface area is 218 Å². The maximum absolute atomic E-state index is 14.7. The summed E-state index contributed by atoms with van der Waals surface area (Å²) in [5.41, 5.74) is 4.26. The molecule has 2 bridgehead atoms. The molecule has 1 heterocycles. The minimum atomic E-state index is -1.05. The molecule has 0 N–H and O–H groups in total. The van der Waals surface area contributed by atoms with Crippen LogP contribution in [0.3, 0.4) is 0 Å². The van der Waals surface area contributed by atoms with Gasteiger partial charge in [0, 0.05) is 0 Å². The summed E-state index contributed by atoms with van der Waals surface area (Å²) in [4.78, 5) is 44.8. The molecule has 0 aromatic heterocycles. The Balaban J connectivity index is 1.67. The quantitative estimate of drug-likeness (QED) is 0.389. The molecule has 1 saturated carbocycles. The monoisotopic (exact) mass is 489 g/mol. The molecule has 1 saturated heterocycles. The zero-order chi connectivity index (χ0) is 26.1. The lowest BCUT2D eigenvalue weighted by molar-refractivity contribution is -0.134. The molecule has 6 rings (SSSR count). The van der Waals surface area contributed by atoms with Crippen LogP contribution in [0.15, 0.2) is 78.9 Å². The summed E-state index contributed by atoms with van der Waals surface area (Å²) in [5.74, 6) is -1.86. The molecule has 1 aliphatic heterocycles. The van der Waals surface area contributed by atoms with E-state index >= 15 is 0 Å². The second-order valence-electron chi connectivity index (χ2n) is 10.7. The van der Waals surface area contributed by atoms with Crippen molar-refractivity contribution in [2.45, 2.75) is 40.5 Å². The maximum atomic E-state index is 14.7. The van der Waals surface area contributed by atoms with Gasteiger partial charge in [-0.1, -0.05) is 92.2 Å². The number of carbonyl (C=O) groups excluding carboxylic acids is 3. The van der Waals surface area contributed by atoms with Crippen molar-refractivity contribution < 1.29 is 14.4 Å². The average Bonchev–Trinajstić information content (AvgIpc) is 3.41. The minimum absolute atomic E-state index is 0.0414. The zero-order valence-corrected chi connectivity index (χ0v) is 21.7. The standard InChI is InChI=1S/C33H31NO3/c1-5-32-25(22-13-9-7-10-14-22)26(23-15-11-8-12-16-23)33(6-2,31(32)37)28-27(32)29(35)34(30(28)36)24-18-17-20(3)19-21(24)4/h7-19,27-28H,5-6H2,1-4H3/t27-,28-,32-,33+/m0/s1. The van der Waals surface area contributed by atoms with Crippen molar-refractivity contribution in [2.24, 2.45) is 22.7 Å². The Morgan fingerprint density at radius 1 is 0.676 bits per heavy atom. The van der Waals surface area contributed by atoms with Crippen molar-refractivity contribution in [2.75, 3.05) is 4.90 Å². The van der Waals surface area contributed by atoms with Crippen LogP contribution in [0, 0.1) is 36.5 Å². The number of ketones is 1. The number of allylic oxidation sites excluding steroid dienone is 2. The van der Waals surface area contributed by atoms with Gasteiger partial charge in [0.15, 0.2) is 5.78 Å². The van der Waals surface area contributed by atoms with E-state index in [1.54, 1.807) is 0 Å². The summed E-state index contributed by atoms with van der Waals surface area (Å²) in [6.07, 6.45) is 0.935. The van der Waals surface area contributed by atoms with Gasteiger partial charge in [-0.05, 0) is 60.6 Å². The Bertz CT molecular complexity index is 1400. The molecule has 0 radical (unpaired) electrons. The Hall–Kier alpha value is -3.79. The highest BCUT2D eigenvalue weighted by Gasteiger charge is 2.80. The van der Waals surface area contributed by atoms with Gasteiger partial charge in [0.05, 0.1) is 28.4 Å². The predicted molar refractivity (Wildman–Crippen MR) is 146 cm³/mol. The van der Waals surface area contributed by atoms with Crippen LogP contribution in [0.2, 0.25) is 0 Å². The number of rotatable bonds is 5. The SMILES string of the molecule is CC[C@]12C(=O)[C@](CC)(C(c3ccccc3)=C1c1ccccc1)[C@@H]1C(=O)N(c3ccc(C)cc3C)C(=O)[C@H]12. The van der Waals surface area contributed by atoms with E-state index in [0.717, 1.165) is 33.4 Å². The number of hydrogen-bond donors (Lipinski definition) is 0. The van der Waals surface area contributed by atoms with Crippen LogP contribution in [0.5, 0.6) is 0 Å². The fraction of sp³-hybridized carbons (Fsp3) is 0.303. The van der Waals surface area contributed by atoms with E-state index in [2.05, 4.69) is 0 Å². The largest absolute Gasteiger partial charge is 0.298 e. The molecule has 3 aromatic carbocycles. The molecule has 2 aliphatic carbocycles. The number of anilines is 1. The van der Waals surface area contributed by atoms with Crippen molar-refractivity contribution in [1.82, 2.24) is 0 Å². The number of amides is 2. The Morgan fingerprint density at radius 2 is 1.14 bits per heavy atom. The van der Waals surface area contributed by atoms with Gasteiger partial charge in [0.1, 0.15) is 0 Å². The third-order valence-electron chi connectivity index (χ3n) is 9.15. The van der Waals surface area contributed by atoms with Gasteiger partial charge in [-0.15, -0.1) is 0 Å². The number of fused-ring (bicyclic) bond motifs is 5. The number of Topliss-reactive ketones (excluding diaryl/α,β-unsaturated/α-hetero) is 1. The first-order valence-electron chi connectivity index (χ1n) is 13.2. The highest BCUT2D eigenvalue weighted by molar-refractivity contribution is 6.34. The molecule has 3 aromatic rings. The van der Waals surface area contributed by atoms with E-state index in [1.807, 2.05) is 107 Å². The first kappa shape index (κ1) is 23.6. The molecule has 2 fully saturated rings. The van der Waals surface area contributed by atoms with E-state index in [-0.39, 0.29) is 17.6 Å². The van der Waals surface area contributed by atoms with E-state index in [1.165, 1.54) is 4.90 Å². The van der Waals surface area contributed by atoms with Crippen molar-refractivity contribution >= 4 is 34.4 Å². The molecule has 4 nitrogen and oxygen atoms in total. The number of imide groups is 1. The van der Waals surface area contributed by atoms with Gasteiger partial charge in [-0.2, -0.15) is 0 Å². The third-order valence-corrected chi connectivity index (χ3v) is 9.15. The van der Waals surface area contributed by atoms with Crippen molar-refractivity contribution in [3.05, 3.63) is 101 Å². The lowest BCUT2D eigenvalue weighted by Gasteiger charge is -2.38. The van der Waals surface area contributed by atoms with Crippen LogP contribution in [0.4, 0.5) is 5.69 Å². The number of nitrogens with zero attached hydrogens (tertiary/aromatic N) is 1. The fourth-order valence-electron chi connectivity index (χ4n) is 7.75. The van der Waals surface area contributed by atoms with Gasteiger partial charge in [-0.25, -0.2) is 4.90 Å². The summed E-state index contributed by atoms with van der Waals surface area (Å²) < 4.78 is 0. The smallest absolute Gasteiger partial charge is 0.239 e. The molecule has 2 amide bonds. The first-order valence-corrected chi connectivity index (χ1v) is 13.2. The molecule has 37 heavy (non-hydrogen) atoms. The Morgan fingerprint density at radius 3 is 1.54 bits per heavy atom. The minimum Gasteiger partial charge on any atom is -0.298 e. The second-order valence-corrected chi connectivity index (χ2v) is 10.7. The summed E-state index contributed by atoms with van der Waals surface area (Å²) >= 11 is 0. The van der Waals surface area contributed by atoms with Gasteiger partial charge in [-0.3, -0.25) is 14.4 Å². The lowest BCUT2D eigenvalue weighted by atomic mass is 9.60. The third kappa shape index (κ3) is 2.76. The number of hydrogen-bond acceptors (Lipinski definition) is 3. The van der Waals surface area contributed by atoms with Crippen molar-refractivity contribution in [1.29, 1.82) is 0 Å². The van der Waals surface area contributed by atoms with Crippen LogP contribution >= 0.6 is 0 Å². The average molecular weight is 490 g/mol. The van der Waals surface area contributed by atoms with Crippen LogP contribution in [-0.2, 0) is 14.4 Å².